The normalized spacial score (nSPS) is 15.8. The molecule has 0 saturated heterocycles. The first-order valence-electron chi connectivity index (χ1n) is 6.87. The molecule has 0 rings (SSSR count). The molecule has 0 spiro atoms. The number of amides is 2. The lowest BCUT2D eigenvalue weighted by Gasteiger charge is -2.25. The summed E-state index contributed by atoms with van der Waals surface area (Å²) in [5.41, 5.74) is 5.69. The Bertz CT molecular complexity index is 362. The lowest BCUT2D eigenvalue weighted by molar-refractivity contribution is -0.201. The van der Waals surface area contributed by atoms with Crippen LogP contribution in [-0.2, 0) is 19.1 Å². The monoisotopic (exact) mass is 319 g/mol. The van der Waals surface area contributed by atoms with Crippen molar-refractivity contribution in [2.45, 2.75) is 38.4 Å². The molecule has 0 aliphatic carbocycles. The number of aliphatic hydroxyl groups is 2. The Morgan fingerprint density at radius 3 is 2.59 bits per heavy atom. The Labute approximate surface area is 129 Å². The third-order valence-electron chi connectivity index (χ3n) is 2.75. The first-order chi connectivity index (χ1) is 10.5. The molecule has 9 nitrogen and oxygen atoms in total. The van der Waals surface area contributed by atoms with Gasteiger partial charge in [0.2, 0.25) is 12.8 Å². The minimum absolute atomic E-state index is 0.292. The maximum atomic E-state index is 12.1. The second-order valence-electron chi connectivity index (χ2n) is 4.49. The average molecular weight is 319 g/mol. The molecule has 22 heavy (non-hydrogen) atoms. The Hall–Kier alpha value is -1.52. The molecular formula is C13H25N3O6. The Kier molecular flexibility index (Phi) is 11.2. The van der Waals surface area contributed by atoms with Crippen LogP contribution < -0.4 is 16.4 Å². The van der Waals surface area contributed by atoms with Crippen molar-refractivity contribution in [2.24, 2.45) is 5.73 Å². The number of carbonyl (C=O) groups is 2. The highest BCUT2D eigenvalue weighted by Crippen LogP contribution is 2.07. The van der Waals surface area contributed by atoms with Gasteiger partial charge in [0.05, 0.1) is 12.7 Å². The Balaban J connectivity index is 4.73. The van der Waals surface area contributed by atoms with Crippen LogP contribution in [0.4, 0.5) is 0 Å². The van der Waals surface area contributed by atoms with Crippen molar-refractivity contribution in [3.8, 4) is 0 Å². The minimum atomic E-state index is -1.16. The van der Waals surface area contributed by atoms with Crippen LogP contribution >= 0.6 is 0 Å². The zero-order valence-electron chi connectivity index (χ0n) is 12.8. The van der Waals surface area contributed by atoms with E-state index in [1.54, 1.807) is 0 Å². The number of methoxy groups -OCH3 is 1. The molecule has 6 N–H and O–H groups in total. The molecule has 0 aromatic heterocycles. The first-order valence-corrected chi connectivity index (χ1v) is 6.87. The van der Waals surface area contributed by atoms with Gasteiger partial charge in [-0.15, -0.1) is 0 Å². The van der Waals surface area contributed by atoms with E-state index in [1.807, 2.05) is 0 Å². The van der Waals surface area contributed by atoms with Crippen LogP contribution in [0.25, 0.3) is 0 Å². The van der Waals surface area contributed by atoms with Gasteiger partial charge in [-0.05, 0) is 26.3 Å². The van der Waals surface area contributed by atoms with Crippen LogP contribution in [0.5, 0.6) is 0 Å². The van der Waals surface area contributed by atoms with Crippen molar-refractivity contribution in [3.05, 3.63) is 11.8 Å². The van der Waals surface area contributed by atoms with Gasteiger partial charge in [0.15, 0.2) is 0 Å². The van der Waals surface area contributed by atoms with Gasteiger partial charge in [-0.25, -0.2) is 0 Å². The van der Waals surface area contributed by atoms with E-state index >= 15 is 0 Å². The van der Waals surface area contributed by atoms with Crippen molar-refractivity contribution in [1.82, 2.24) is 10.6 Å². The lowest BCUT2D eigenvalue weighted by atomic mass is 10.1. The molecule has 0 radical (unpaired) electrons. The fourth-order valence-electron chi connectivity index (χ4n) is 1.49. The fourth-order valence-corrected chi connectivity index (χ4v) is 1.49. The Morgan fingerprint density at radius 1 is 1.45 bits per heavy atom. The van der Waals surface area contributed by atoms with Gasteiger partial charge in [0, 0.05) is 18.9 Å². The third-order valence-corrected chi connectivity index (χ3v) is 2.75. The third kappa shape index (κ3) is 8.05. The van der Waals surface area contributed by atoms with Crippen LogP contribution in [-0.4, -0.2) is 61.4 Å². The predicted molar refractivity (Wildman–Crippen MR) is 78.2 cm³/mol. The average Bonchev–Trinajstić information content (AvgIpc) is 2.50. The van der Waals surface area contributed by atoms with Crippen molar-refractivity contribution < 1.29 is 29.3 Å². The highest BCUT2D eigenvalue weighted by atomic mass is 16.7. The summed E-state index contributed by atoms with van der Waals surface area (Å²) < 4.78 is 10.2. The summed E-state index contributed by atoms with van der Waals surface area (Å²) in [5.74, 6) is -0.517. The molecule has 0 heterocycles. The molecule has 9 heteroatoms. The largest absolute Gasteiger partial charge is 0.394 e. The maximum Gasteiger partial charge on any atom is 0.252 e. The number of carbonyl (C=O) groups excluding carboxylic acids is 2. The fraction of sp³-hybridized carbons (Fsp3) is 0.692. The molecule has 0 fully saturated rings. The van der Waals surface area contributed by atoms with Crippen LogP contribution in [0.15, 0.2) is 11.8 Å². The number of rotatable bonds is 12. The SMILES string of the molecule is COC(NC(=O)/C(=C\NC=O)CCCN)OC(CO)C(C)O. The number of hydrogen-bond donors (Lipinski definition) is 5. The smallest absolute Gasteiger partial charge is 0.252 e. The summed E-state index contributed by atoms with van der Waals surface area (Å²) >= 11 is 0. The van der Waals surface area contributed by atoms with Gasteiger partial charge in [-0.1, -0.05) is 0 Å². The number of aliphatic hydroxyl groups excluding tert-OH is 2. The van der Waals surface area contributed by atoms with Gasteiger partial charge < -0.3 is 36.1 Å². The van der Waals surface area contributed by atoms with Crippen LogP contribution in [0, 0.1) is 0 Å². The summed E-state index contributed by atoms with van der Waals surface area (Å²) in [5, 5.41) is 23.2. The molecule has 0 saturated carbocycles. The first kappa shape index (κ1) is 20.5. The second kappa shape index (κ2) is 12.1. The van der Waals surface area contributed by atoms with E-state index in [4.69, 9.17) is 20.3 Å². The number of hydrogen-bond acceptors (Lipinski definition) is 7. The van der Waals surface area contributed by atoms with Gasteiger partial charge in [0.1, 0.15) is 6.10 Å². The van der Waals surface area contributed by atoms with E-state index < -0.39 is 31.1 Å². The van der Waals surface area contributed by atoms with Gasteiger partial charge in [0.25, 0.3) is 5.91 Å². The quantitative estimate of drug-likeness (QED) is 0.161. The summed E-state index contributed by atoms with van der Waals surface area (Å²) in [4.78, 5) is 22.4. The van der Waals surface area contributed by atoms with Crippen molar-refractivity contribution >= 4 is 12.3 Å². The molecule has 0 aliphatic rings. The van der Waals surface area contributed by atoms with E-state index in [-0.39, 0.29) is 0 Å². The van der Waals surface area contributed by atoms with Gasteiger partial charge in [-0.2, -0.15) is 0 Å². The molecule has 3 atom stereocenters. The van der Waals surface area contributed by atoms with E-state index in [2.05, 4.69) is 10.6 Å². The lowest BCUT2D eigenvalue weighted by Crippen LogP contribution is -2.44. The maximum absolute atomic E-state index is 12.1. The van der Waals surface area contributed by atoms with Crippen LogP contribution in [0.3, 0.4) is 0 Å². The standard InChI is InChI=1S/C13H25N3O6/c1-9(19)11(7-17)22-13(21-2)16-12(20)10(4-3-5-14)6-15-8-18/h6,8-9,11,13,17,19H,3-5,7,14H2,1-2H3,(H,15,18)(H,16,20)/b10-6-. The van der Waals surface area contributed by atoms with Gasteiger partial charge in [-0.3, -0.25) is 9.59 Å². The highest BCUT2D eigenvalue weighted by Gasteiger charge is 2.22. The zero-order valence-corrected chi connectivity index (χ0v) is 12.8. The number of ether oxygens (including phenoxy) is 2. The molecule has 0 aromatic rings. The highest BCUT2D eigenvalue weighted by molar-refractivity contribution is 5.93. The molecule has 128 valence electrons. The Morgan fingerprint density at radius 2 is 2.14 bits per heavy atom. The molecule has 0 aromatic carbocycles. The summed E-state index contributed by atoms with van der Waals surface area (Å²) in [6.07, 6.45) is -0.377. The number of nitrogens with one attached hydrogen (secondary N) is 2. The molecule has 3 unspecified atom stereocenters. The zero-order chi connectivity index (χ0) is 17.0. The number of nitrogens with two attached hydrogens (primary N) is 1. The second-order valence-corrected chi connectivity index (χ2v) is 4.49. The molecule has 0 bridgehead atoms. The molecule has 2 amide bonds. The van der Waals surface area contributed by atoms with Crippen molar-refractivity contribution in [1.29, 1.82) is 0 Å². The van der Waals surface area contributed by atoms with E-state index in [0.717, 1.165) is 0 Å². The summed E-state index contributed by atoms with van der Waals surface area (Å²) in [6, 6.07) is 0. The van der Waals surface area contributed by atoms with Crippen molar-refractivity contribution in [2.75, 3.05) is 20.3 Å². The van der Waals surface area contributed by atoms with Crippen LogP contribution in [0.1, 0.15) is 19.8 Å². The van der Waals surface area contributed by atoms with Gasteiger partial charge >= 0.3 is 0 Å². The van der Waals surface area contributed by atoms with Crippen molar-refractivity contribution in [3.63, 3.8) is 0 Å². The van der Waals surface area contributed by atoms with E-state index in [9.17, 15) is 14.7 Å². The topological polar surface area (TPSA) is 143 Å². The van der Waals surface area contributed by atoms with E-state index in [1.165, 1.54) is 20.2 Å². The molecule has 0 aliphatic heterocycles. The van der Waals surface area contributed by atoms with E-state index in [0.29, 0.717) is 31.4 Å². The minimum Gasteiger partial charge on any atom is -0.394 e. The molecular weight excluding hydrogens is 294 g/mol. The predicted octanol–water partition coefficient (Wildman–Crippen LogP) is -1.84. The summed E-state index contributed by atoms with van der Waals surface area (Å²) in [6.45, 7) is 1.40. The summed E-state index contributed by atoms with van der Waals surface area (Å²) in [7, 11) is 1.30. The van der Waals surface area contributed by atoms with Crippen LogP contribution in [0.2, 0.25) is 0 Å².